The smallest absolute Gasteiger partial charge is 0.270 e. The molecule has 0 aliphatic heterocycles. The summed E-state index contributed by atoms with van der Waals surface area (Å²) in [7, 11) is -3.82. The van der Waals surface area contributed by atoms with Gasteiger partial charge in [0.1, 0.15) is 12.4 Å². The first kappa shape index (κ1) is 21.3. The molecule has 0 bridgehead atoms. The summed E-state index contributed by atoms with van der Waals surface area (Å²) in [6.07, 6.45) is 1.99. The molecule has 0 aromatic heterocycles. The van der Waals surface area contributed by atoms with Gasteiger partial charge in [-0.1, -0.05) is 11.6 Å². The van der Waals surface area contributed by atoms with Crippen LogP contribution in [0, 0.1) is 15.9 Å². The van der Waals surface area contributed by atoms with E-state index in [1.165, 1.54) is 30.3 Å². The maximum Gasteiger partial charge on any atom is 0.270 e. The summed E-state index contributed by atoms with van der Waals surface area (Å²) in [5, 5.41) is 14.6. The molecule has 148 valence electrons. The number of amides is 1. The number of nitrogens with zero attached hydrogens (tertiary/aromatic N) is 3. The van der Waals surface area contributed by atoms with Crippen molar-refractivity contribution < 1.29 is 22.5 Å². The minimum Gasteiger partial charge on any atom is -0.271 e. The average Bonchev–Trinajstić information content (AvgIpc) is 2.61. The van der Waals surface area contributed by atoms with E-state index in [2.05, 4.69) is 10.5 Å². The minimum absolute atomic E-state index is 0.102. The summed E-state index contributed by atoms with van der Waals surface area (Å²) in [5.41, 5.74) is 2.19. The molecule has 0 aliphatic rings. The van der Waals surface area contributed by atoms with Gasteiger partial charge in [-0.25, -0.2) is 18.2 Å². The Bertz CT molecular complexity index is 1030. The van der Waals surface area contributed by atoms with E-state index in [4.69, 9.17) is 11.6 Å². The number of carbonyl (C=O) groups excluding carboxylic acids is 1. The van der Waals surface area contributed by atoms with E-state index in [9.17, 15) is 27.7 Å². The molecule has 2 rings (SSSR count). The molecule has 2 aromatic carbocycles. The fourth-order valence-corrected chi connectivity index (χ4v) is 3.11. The van der Waals surface area contributed by atoms with Crippen molar-refractivity contribution in [3.8, 4) is 0 Å². The number of rotatable bonds is 7. The molecule has 28 heavy (non-hydrogen) atoms. The number of halogens is 2. The van der Waals surface area contributed by atoms with Crippen molar-refractivity contribution in [2.24, 2.45) is 5.10 Å². The van der Waals surface area contributed by atoms with Crippen molar-refractivity contribution in [1.29, 1.82) is 0 Å². The highest BCUT2D eigenvalue weighted by Gasteiger charge is 2.20. The highest BCUT2D eigenvalue weighted by Crippen LogP contribution is 2.20. The topological polar surface area (TPSA) is 122 Å². The molecule has 0 radical (unpaired) electrons. The highest BCUT2D eigenvalue weighted by molar-refractivity contribution is 7.92. The third-order valence-electron chi connectivity index (χ3n) is 3.39. The molecule has 2 aromatic rings. The van der Waals surface area contributed by atoms with E-state index < -0.39 is 33.2 Å². The lowest BCUT2D eigenvalue weighted by Gasteiger charge is -2.21. The fourth-order valence-electron chi connectivity index (χ4n) is 2.09. The van der Waals surface area contributed by atoms with Gasteiger partial charge in [0.05, 0.1) is 23.1 Å². The maximum absolute atomic E-state index is 13.0. The zero-order valence-electron chi connectivity index (χ0n) is 14.4. The number of non-ortho nitro benzene ring substituents is 1. The Morgan fingerprint density at radius 2 is 1.96 bits per heavy atom. The number of sulfonamides is 1. The second-order valence-corrected chi connectivity index (χ2v) is 7.82. The number of nitrogens with one attached hydrogen (secondary N) is 1. The van der Waals surface area contributed by atoms with Crippen molar-refractivity contribution in [2.45, 2.75) is 0 Å². The second-order valence-electron chi connectivity index (χ2n) is 5.50. The molecule has 0 saturated heterocycles. The van der Waals surface area contributed by atoms with Crippen LogP contribution in [0.1, 0.15) is 5.56 Å². The molecule has 0 fully saturated rings. The molecule has 0 unspecified atom stereocenters. The standard InChI is InChI=1S/C16H14ClFN4O5S/c1-28(26,27)21(13-4-2-12(18)3-5-13)10-16(23)20-19-9-11-8-14(22(24)25)6-7-15(11)17/h2-9H,10H2,1H3,(H,20,23)/b19-9-. The van der Waals surface area contributed by atoms with Crippen molar-refractivity contribution in [3.05, 3.63) is 69.0 Å². The van der Waals surface area contributed by atoms with Crippen molar-refractivity contribution in [2.75, 3.05) is 17.1 Å². The Balaban J connectivity index is 2.11. The van der Waals surface area contributed by atoms with Crippen LogP contribution in [-0.2, 0) is 14.8 Å². The van der Waals surface area contributed by atoms with Gasteiger partial charge < -0.3 is 0 Å². The molecule has 0 atom stereocenters. The Morgan fingerprint density at radius 1 is 1.32 bits per heavy atom. The predicted molar refractivity (Wildman–Crippen MR) is 102 cm³/mol. The average molecular weight is 429 g/mol. The Kier molecular flexibility index (Phi) is 6.65. The number of anilines is 1. The van der Waals surface area contributed by atoms with Crippen LogP contribution in [-0.4, -0.2) is 38.3 Å². The zero-order valence-corrected chi connectivity index (χ0v) is 15.9. The van der Waals surface area contributed by atoms with Crippen molar-refractivity contribution in [1.82, 2.24) is 5.43 Å². The molecular formula is C16H14ClFN4O5S. The van der Waals surface area contributed by atoms with E-state index in [0.29, 0.717) is 0 Å². The number of hydrogen-bond acceptors (Lipinski definition) is 6. The molecule has 0 saturated carbocycles. The summed E-state index contributed by atoms with van der Waals surface area (Å²) in [4.78, 5) is 22.2. The van der Waals surface area contributed by atoms with Gasteiger partial charge >= 0.3 is 0 Å². The van der Waals surface area contributed by atoms with Gasteiger partial charge in [-0.05, 0) is 30.3 Å². The number of carbonyl (C=O) groups is 1. The van der Waals surface area contributed by atoms with Gasteiger partial charge in [0, 0.05) is 22.7 Å². The van der Waals surface area contributed by atoms with Crippen LogP contribution < -0.4 is 9.73 Å². The molecule has 9 nitrogen and oxygen atoms in total. The lowest BCUT2D eigenvalue weighted by atomic mass is 10.2. The van der Waals surface area contributed by atoms with Crippen LogP contribution in [0.3, 0.4) is 0 Å². The summed E-state index contributed by atoms with van der Waals surface area (Å²) >= 11 is 5.91. The predicted octanol–water partition coefficient (Wildman–Crippen LogP) is 2.30. The van der Waals surface area contributed by atoms with Crippen LogP contribution in [0.15, 0.2) is 47.6 Å². The zero-order chi connectivity index (χ0) is 20.9. The quantitative estimate of drug-likeness (QED) is 0.412. The van der Waals surface area contributed by atoms with E-state index in [0.717, 1.165) is 28.9 Å². The summed E-state index contributed by atoms with van der Waals surface area (Å²) < 4.78 is 37.7. The summed E-state index contributed by atoms with van der Waals surface area (Å²) in [5.74, 6) is -1.34. The van der Waals surface area contributed by atoms with Crippen LogP contribution in [0.4, 0.5) is 15.8 Å². The van der Waals surface area contributed by atoms with Crippen molar-refractivity contribution >= 4 is 45.1 Å². The SMILES string of the molecule is CS(=O)(=O)N(CC(=O)N/N=C\c1cc([N+](=O)[O-])ccc1Cl)c1ccc(F)cc1. The van der Waals surface area contributed by atoms with E-state index >= 15 is 0 Å². The van der Waals surface area contributed by atoms with Gasteiger partial charge in [0.2, 0.25) is 10.0 Å². The maximum atomic E-state index is 13.0. The van der Waals surface area contributed by atoms with Gasteiger partial charge in [-0.2, -0.15) is 5.10 Å². The normalized spacial score (nSPS) is 11.4. The van der Waals surface area contributed by atoms with Crippen LogP contribution in [0.2, 0.25) is 5.02 Å². The first-order valence-electron chi connectivity index (χ1n) is 7.57. The van der Waals surface area contributed by atoms with E-state index in [1.54, 1.807) is 0 Å². The number of hydrazone groups is 1. The lowest BCUT2D eigenvalue weighted by molar-refractivity contribution is -0.384. The third-order valence-corrected chi connectivity index (χ3v) is 4.87. The Hall–Kier alpha value is -3.05. The number of nitro groups is 1. The molecule has 0 heterocycles. The van der Waals surface area contributed by atoms with E-state index in [-0.39, 0.29) is 22.0 Å². The second kappa shape index (κ2) is 8.76. The fraction of sp³-hybridized carbons (Fsp3) is 0.125. The van der Waals surface area contributed by atoms with Crippen LogP contribution in [0.25, 0.3) is 0 Å². The number of hydrogen-bond donors (Lipinski definition) is 1. The van der Waals surface area contributed by atoms with Gasteiger partial charge in [0.25, 0.3) is 11.6 Å². The number of nitro benzene ring substituents is 1. The highest BCUT2D eigenvalue weighted by atomic mass is 35.5. The lowest BCUT2D eigenvalue weighted by Crippen LogP contribution is -2.39. The summed E-state index contributed by atoms with van der Waals surface area (Å²) in [6.45, 7) is -0.607. The third kappa shape index (κ3) is 5.72. The van der Waals surface area contributed by atoms with Gasteiger partial charge in [-0.3, -0.25) is 19.2 Å². The number of benzene rings is 2. The molecule has 0 spiro atoms. The molecule has 1 N–H and O–H groups in total. The molecule has 12 heteroatoms. The minimum atomic E-state index is -3.82. The van der Waals surface area contributed by atoms with Crippen LogP contribution >= 0.6 is 11.6 Å². The van der Waals surface area contributed by atoms with Crippen molar-refractivity contribution in [3.63, 3.8) is 0 Å². The molecule has 1 amide bonds. The monoisotopic (exact) mass is 428 g/mol. The van der Waals surface area contributed by atoms with Crippen LogP contribution in [0.5, 0.6) is 0 Å². The molecular weight excluding hydrogens is 415 g/mol. The largest absolute Gasteiger partial charge is 0.271 e. The van der Waals surface area contributed by atoms with E-state index in [1.807, 2.05) is 0 Å². The van der Waals surface area contributed by atoms with Gasteiger partial charge in [0.15, 0.2) is 0 Å². The molecule has 0 aliphatic carbocycles. The summed E-state index contributed by atoms with van der Waals surface area (Å²) in [6, 6.07) is 8.25. The first-order chi connectivity index (χ1) is 13.1. The Labute approximate surface area is 164 Å². The Morgan fingerprint density at radius 3 is 2.54 bits per heavy atom. The first-order valence-corrected chi connectivity index (χ1v) is 9.79. The van der Waals surface area contributed by atoms with Gasteiger partial charge in [-0.15, -0.1) is 0 Å².